The van der Waals surface area contributed by atoms with Crippen molar-refractivity contribution in [2.45, 2.75) is 19.3 Å². The molecular formula is C12H15NaO4. The Morgan fingerprint density at radius 2 is 1.47 bits per heavy atom. The molecule has 2 N–H and O–H groups in total. The van der Waals surface area contributed by atoms with E-state index in [4.69, 9.17) is 0 Å². The van der Waals surface area contributed by atoms with Crippen LogP contribution in [0, 0.1) is 5.92 Å². The molecule has 0 atom stereocenters. The summed E-state index contributed by atoms with van der Waals surface area (Å²) in [4.78, 5) is 22.6. The van der Waals surface area contributed by atoms with Crippen LogP contribution in [0.15, 0.2) is 30.3 Å². The first kappa shape index (κ1) is 16.2. The van der Waals surface area contributed by atoms with Crippen molar-refractivity contribution in [2.24, 2.45) is 5.92 Å². The quantitative estimate of drug-likeness (QED) is 0.616. The van der Waals surface area contributed by atoms with E-state index in [0.717, 1.165) is 0 Å². The van der Waals surface area contributed by atoms with Crippen LogP contribution in [0.2, 0.25) is 0 Å². The molecule has 0 saturated carbocycles. The zero-order chi connectivity index (χ0) is 12.3. The molecule has 88 valence electrons. The third kappa shape index (κ3) is 2.70. The minimum absolute atomic E-state index is 0. The Morgan fingerprint density at radius 1 is 1.06 bits per heavy atom. The van der Waals surface area contributed by atoms with Gasteiger partial charge in [0.25, 0.3) is 0 Å². The van der Waals surface area contributed by atoms with Crippen LogP contribution < -0.4 is 0 Å². The van der Waals surface area contributed by atoms with Gasteiger partial charge < -0.3 is 10.2 Å². The van der Waals surface area contributed by atoms with Crippen molar-refractivity contribution >= 4 is 41.5 Å². The molecule has 1 aromatic rings. The van der Waals surface area contributed by atoms with Gasteiger partial charge in [0, 0.05) is 0 Å². The van der Waals surface area contributed by atoms with Crippen LogP contribution in [0.25, 0.3) is 0 Å². The van der Waals surface area contributed by atoms with Crippen LogP contribution in [0.3, 0.4) is 0 Å². The number of rotatable bonds is 4. The number of benzene rings is 1. The molecular weight excluding hydrogens is 231 g/mol. The summed E-state index contributed by atoms with van der Waals surface area (Å²) in [5, 5.41) is 18.5. The summed E-state index contributed by atoms with van der Waals surface area (Å²) in [6.07, 6.45) is 0. The van der Waals surface area contributed by atoms with Gasteiger partial charge in [-0.3, -0.25) is 9.59 Å². The second kappa shape index (κ2) is 6.19. The maximum atomic E-state index is 11.3. The fourth-order valence-electron chi connectivity index (χ4n) is 1.87. The number of carboxylic acids is 2. The van der Waals surface area contributed by atoms with Crippen LogP contribution in [-0.4, -0.2) is 51.7 Å². The monoisotopic (exact) mass is 246 g/mol. The third-order valence-corrected chi connectivity index (χ3v) is 2.77. The molecule has 0 unspecified atom stereocenters. The Kier molecular flexibility index (Phi) is 5.88. The number of aliphatic carboxylic acids is 2. The molecule has 0 fully saturated rings. The van der Waals surface area contributed by atoms with E-state index >= 15 is 0 Å². The summed E-state index contributed by atoms with van der Waals surface area (Å²) in [5.41, 5.74) is -1.58. The zero-order valence-electron chi connectivity index (χ0n) is 9.18. The average molecular weight is 246 g/mol. The number of carbonyl (C=O) groups is 2. The maximum absolute atomic E-state index is 11.3. The summed E-state index contributed by atoms with van der Waals surface area (Å²) in [6, 6.07) is 8.06. The van der Waals surface area contributed by atoms with Crippen molar-refractivity contribution in [2.75, 3.05) is 0 Å². The molecule has 0 radical (unpaired) electrons. The molecule has 1 aromatic carbocycles. The van der Waals surface area contributed by atoms with Crippen molar-refractivity contribution in [1.82, 2.24) is 0 Å². The normalized spacial score (nSPS) is 10.8. The molecule has 1 rings (SSSR count). The number of carboxylic acid groups (broad SMARTS) is 2. The van der Waals surface area contributed by atoms with Gasteiger partial charge in [-0.25, -0.2) is 0 Å². The van der Waals surface area contributed by atoms with E-state index in [1.54, 1.807) is 32.0 Å². The van der Waals surface area contributed by atoms with Gasteiger partial charge in [-0.1, -0.05) is 44.2 Å². The van der Waals surface area contributed by atoms with Gasteiger partial charge in [0.2, 0.25) is 0 Å². The topological polar surface area (TPSA) is 74.6 Å². The van der Waals surface area contributed by atoms with Crippen molar-refractivity contribution in [3.63, 3.8) is 0 Å². The molecule has 0 aromatic heterocycles. The van der Waals surface area contributed by atoms with Crippen LogP contribution >= 0.6 is 0 Å². The molecule has 5 heteroatoms. The number of hydrogen-bond acceptors (Lipinski definition) is 2. The Balaban J connectivity index is 0.00000256. The molecule has 17 heavy (non-hydrogen) atoms. The minimum atomic E-state index is -1.87. The van der Waals surface area contributed by atoms with E-state index in [9.17, 15) is 19.8 Å². The van der Waals surface area contributed by atoms with Crippen LogP contribution in [0.4, 0.5) is 0 Å². The van der Waals surface area contributed by atoms with Gasteiger partial charge in [0.05, 0.1) is 0 Å². The van der Waals surface area contributed by atoms with Gasteiger partial charge >= 0.3 is 41.5 Å². The molecule has 0 aliphatic heterocycles. The summed E-state index contributed by atoms with van der Waals surface area (Å²) >= 11 is 0. The molecule has 0 saturated heterocycles. The second-order valence-corrected chi connectivity index (χ2v) is 3.94. The molecule has 0 aliphatic carbocycles. The van der Waals surface area contributed by atoms with E-state index in [1.807, 2.05) is 0 Å². The van der Waals surface area contributed by atoms with Gasteiger partial charge in [-0.05, 0) is 11.5 Å². The van der Waals surface area contributed by atoms with E-state index in [-0.39, 0.29) is 29.6 Å². The Hall–Kier alpha value is -0.840. The SMILES string of the molecule is CC(C)C(C(=O)O)(C(=O)O)c1ccccc1.[NaH]. The van der Waals surface area contributed by atoms with E-state index in [0.29, 0.717) is 5.56 Å². The van der Waals surface area contributed by atoms with Crippen molar-refractivity contribution < 1.29 is 19.8 Å². The average Bonchev–Trinajstić information content (AvgIpc) is 2.18. The molecule has 0 amide bonds. The fourth-order valence-corrected chi connectivity index (χ4v) is 1.87. The van der Waals surface area contributed by atoms with E-state index < -0.39 is 23.3 Å². The first-order valence-corrected chi connectivity index (χ1v) is 4.96. The zero-order valence-corrected chi connectivity index (χ0v) is 9.18. The Morgan fingerprint density at radius 3 is 1.76 bits per heavy atom. The number of hydrogen-bond donors (Lipinski definition) is 2. The second-order valence-electron chi connectivity index (χ2n) is 3.94. The Labute approximate surface area is 122 Å². The van der Waals surface area contributed by atoms with Gasteiger partial charge in [-0.2, -0.15) is 0 Å². The predicted molar refractivity (Wildman–Crippen MR) is 65.4 cm³/mol. The molecule has 0 bridgehead atoms. The first-order valence-electron chi connectivity index (χ1n) is 4.96. The third-order valence-electron chi connectivity index (χ3n) is 2.77. The van der Waals surface area contributed by atoms with E-state index in [1.165, 1.54) is 12.1 Å². The van der Waals surface area contributed by atoms with E-state index in [2.05, 4.69) is 0 Å². The van der Waals surface area contributed by atoms with Crippen molar-refractivity contribution in [1.29, 1.82) is 0 Å². The summed E-state index contributed by atoms with van der Waals surface area (Å²) in [6.45, 7) is 3.18. The molecule has 4 nitrogen and oxygen atoms in total. The fraction of sp³-hybridized carbons (Fsp3) is 0.333. The van der Waals surface area contributed by atoms with Gasteiger partial charge in [-0.15, -0.1) is 0 Å². The standard InChI is InChI=1S/C12H14O4.Na.H/c1-8(2)12(10(13)14,11(15)16)9-6-4-3-5-7-9;;/h3-8H,1-2H3,(H,13,14)(H,15,16);;. The Bertz CT molecular complexity index is 386. The van der Waals surface area contributed by atoms with Crippen LogP contribution in [-0.2, 0) is 15.0 Å². The van der Waals surface area contributed by atoms with Gasteiger partial charge in [0.1, 0.15) is 0 Å². The molecule has 0 heterocycles. The van der Waals surface area contributed by atoms with Crippen LogP contribution in [0.5, 0.6) is 0 Å². The molecule has 0 spiro atoms. The first-order chi connectivity index (χ1) is 7.44. The van der Waals surface area contributed by atoms with Crippen molar-refractivity contribution in [3.8, 4) is 0 Å². The van der Waals surface area contributed by atoms with Crippen LogP contribution in [0.1, 0.15) is 19.4 Å². The van der Waals surface area contributed by atoms with Gasteiger partial charge in [0.15, 0.2) is 5.41 Å². The summed E-state index contributed by atoms with van der Waals surface area (Å²) in [7, 11) is 0. The summed E-state index contributed by atoms with van der Waals surface area (Å²) in [5.74, 6) is -3.20. The predicted octanol–water partition coefficient (Wildman–Crippen LogP) is 1.10. The van der Waals surface area contributed by atoms with Crippen molar-refractivity contribution in [3.05, 3.63) is 35.9 Å². The molecule has 0 aliphatic rings. The summed E-state index contributed by atoms with van der Waals surface area (Å²) < 4.78 is 0.